The highest BCUT2D eigenvalue weighted by atomic mass is 31.1. The summed E-state index contributed by atoms with van der Waals surface area (Å²) in [5.41, 5.74) is 0.160. The first-order valence-electron chi connectivity index (χ1n) is 6.39. The van der Waals surface area contributed by atoms with E-state index in [0.717, 1.165) is 6.42 Å². The number of hydrogen-bond donors (Lipinski definition) is 1. The van der Waals surface area contributed by atoms with Gasteiger partial charge in [-0.25, -0.2) is 0 Å². The monoisotopic (exact) mass is 262 g/mol. The average Bonchev–Trinajstić information content (AvgIpc) is 2.55. The Kier molecular flexibility index (Phi) is 6.01. The Morgan fingerprint density at radius 3 is 2.59 bits per heavy atom. The molecule has 0 saturated carbocycles. The highest BCUT2D eigenvalue weighted by Crippen LogP contribution is 2.29. The van der Waals surface area contributed by atoms with Crippen molar-refractivity contribution in [1.82, 2.24) is 5.09 Å². The van der Waals surface area contributed by atoms with E-state index in [-0.39, 0.29) is 30.0 Å². The smallest absolute Gasteiger partial charge is 0.376 e. The van der Waals surface area contributed by atoms with Crippen molar-refractivity contribution in [2.45, 2.75) is 71.1 Å². The van der Waals surface area contributed by atoms with E-state index in [1.54, 1.807) is 0 Å². The van der Waals surface area contributed by atoms with E-state index in [2.05, 4.69) is 5.09 Å². The number of hydrogen-bond acceptors (Lipinski definition) is 3. The van der Waals surface area contributed by atoms with E-state index in [4.69, 9.17) is 9.47 Å². The molecule has 1 unspecified atom stereocenters. The molecule has 1 heterocycles. The third-order valence-electron chi connectivity index (χ3n) is 2.80. The van der Waals surface area contributed by atoms with Crippen molar-refractivity contribution in [2.24, 2.45) is 0 Å². The van der Waals surface area contributed by atoms with Gasteiger partial charge in [-0.2, -0.15) is 0 Å². The normalized spacial score (nSPS) is 30.3. The van der Waals surface area contributed by atoms with Gasteiger partial charge in [0.15, 0.2) is 5.66 Å². The lowest BCUT2D eigenvalue weighted by Gasteiger charge is -2.17. The molecule has 1 rings (SSSR count). The molecule has 4 nitrogen and oxygen atoms in total. The van der Waals surface area contributed by atoms with E-state index in [1.807, 2.05) is 34.6 Å². The van der Waals surface area contributed by atoms with E-state index < -0.39 is 7.95 Å². The van der Waals surface area contributed by atoms with Crippen LogP contribution < -0.4 is 5.09 Å². The van der Waals surface area contributed by atoms with E-state index in [9.17, 15) is 4.57 Å². The maximum absolute atomic E-state index is 11.8. The number of nitrogens with one attached hydrogen (secondary N) is 1. The molecule has 0 spiro atoms. The summed E-state index contributed by atoms with van der Waals surface area (Å²) in [7, 11) is -1.36. The van der Waals surface area contributed by atoms with Gasteiger partial charge in [0.1, 0.15) is 6.10 Å². The topological polar surface area (TPSA) is 47.6 Å². The van der Waals surface area contributed by atoms with Gasteiger partial charge in [-0.05, 0) is 41.0 Å². The maximum Gasteiger partial charge on any atom is 0.435 e. The van der Waals surface area contributed by atoms with Crippen LogP contribution >= 0.6 is 7.95 Å². The van der Waals surface area contributed by atoms with Crippen LogP contribution in [0.15, 0.2) is 0 Å². The lowest BCUT2D eigenvalue weighted by Crippen LogP contribution is -2.36. The van der Waals surface area contributed by atoms with Gasteiger partial charge < -0.3 is 9.47 Å². The number of ether oxygens (including phenoxy) is 2. The summed E-state index contributed by atoms with van der Waals surface area (Å²) >= 11 is 0. The van der Waals surface area contributed by atoms with Crippen molar-refractivity contribution < 1.29 is 14.0 Å². The zero-order valence-electron chi connectivity index (χ0n) is 11.5. The molecule has 0 aromatic carbocycles. The molecule has 1 aliphatic heterocycles. The Bertz CT molecular complexity index is 258. The second kappa shape index (κ2) is 6.79. The first-order chi connectivity index (χ1) is 7.90. The summed E-state index contributed by atoms with van der Waals surface area (Å²) in [6.45, 7) is 10.6. The van der Waals surface area contributed by atoms with Gasteiger partial charge in [0.2, 0.25) is 0 Å². The van der Waals surface area contributed by atoms with E-state index >= 15 is 0 Å². The Hall–Kier alpha value is -0.0200. The molecule has 0 aromatic heterocycles. The Labute approximate surface area is 105 Å². The van der Waals surface area contributed by atoms with Crippen molar-refractivity contribution >= 4 is 7.95 Å². The quantitative estimate of drug-likeness (QED) is 0.748. The Morgan fingerprint density at radius 1 is 1.41 bits per heavy atom. The molecule has 0 aromatic rings. The van der Waals surface area contributed by atoms with Gasteiger partial charge >= 0.3 is 7.95 Å². The van der Waals surface area contributed by atoms with Crippen molar-refractivity contribution in [3.05, 3.63) is 0 Å². The lowest BCUT2D eigenvalue weighted by atomic mass is 10.1. The lowest BCUT2D eigenvalue weighted by molar-refractivity contribution is -0.0323. The minimum Gasteiger partial charge on any atom is -0.376 e. The fourth-order valence-corrected chi connectivity index (χ4v) is 2.75. The standard InChI is InChI=1S/C12H25NO3P/c1-8(2)15-7-12-11(6-10(5)16-12)13-17(14)9(3)4/h8-12H,6-7H2,1-5H3,(H,13,14)/q+1/t10-,11+,12+/m0/s1. The van der Waals surface area contributed by atoms with Gasteiger partial charge in [-0.3, -0.25) is 0 Å². The molecule has 0 aliphatic carbocycles. The highest BCUT2D eigenvalue weighted by molar-refractivity contribution is 7.43. The Morgan fingerprint density at radius 2 is 2.06 bits per heavy atom. The van der Waals surface area contributed by atoms with Crippen LogP contribution in [0, 0.1) is 0 Å². The summed E-state index contributed by atoms with van der Waals surface area (Å²) < 4.78 is 23.2. The van der Waals surface area contributed by atoms with Crippen molar-refractivity contribution in [2.75, 3.05) is 6.61 Å². The van der Waals surface area contributed by atoms with Gasteiger partial charge in [0.05, 0.1) is 24.9 Å². The van der Waals surface area contributed by atoms with Crippen LogP contribution in [0.5, 0.6) is 0 Å². The largest absolute Gasteiger partial charge is 0.435 e. The molecule has 17 heavy (non-hydrogen) atoms. The van der Waals surface area contributed by atoms with Crippen LogP contribution in [0.3, 0.4) is 0 Å². The third kappa shape index (κ3) is 5.01. The zero-order valence-corrected chi connectivity index (χ0v) is 12.4. The molecule has 0 bridgehead atoms. The molecule has 5 heteroatoms. The summed E-state index contributed by atoms with van der Waals surface area (Å²) in [6.07, 6.45) is 1.34. The van der Waals surface area contributed by atoms with Gasteiger partial charge in [-0.1, -0.05) is 4.57 Å². The van der Waals surface area contributed by atoms with Gasteiger partial charge in [-0.15, -0.1) is 5.09 Å². The van der Waals surface area contributed by atoms with Crippen LogP contribution in [0.2, 0.25) is 0 Å². The van der Waals surface area contributed by atoms with Crippen LogP contribution in [0.1, 0.15) is 41.0 Å². The fourth-order valence-electron chi connectivity index (χ4n) is 1.85. The second-order valence-corrected chi connectivity index (χ2v) is 7.20. The minimum atomic E-state index is -1.36. The number of rotatable bonds is 6. The van der Waals surface area contributed by atoms with Crippen LogP contribution in [-0.2, 0) is 14.0 Å². The first kappa shape index (κ1) is 15.0. The Balaban J connectivity index is 2.47. The minimum absolute atomic E-state index is 0.0186. The molecule has 1 aliphatic rings. The molecular formula is C12H25NO3P+. The molecule has 1 saturated heterocycles. The van der Waals surface area contributed by atoms with Crippen molar-refractivity contribution in [1.29, 1.82) is 0 Å². The molecule has 0 radical (unpaired) electrons. The van der Waals surface area contributed by atoms with E-state index in [1.165, 1.54) is 0 Å². The summed E-state index contributed by atoms with van der Waals surface area (Å²) in [5.74, 6) is 0. The highest BCUT2D eigenvalue weighted by Gasteiger charge is 2.38. The zero-order chi connectivity index (χ0) is 13.0. The molecule has 0 amide bonds. The van der Waals surface area contributed by atoms with Crippen LogP contribution in [0.4, 0.5) is 0 Å². The average molecular weight is 262 g/mol. The first-order valence-corrected chi connectivity index (χ1v) is 7.72. The van der Waals surface area contributed by atoms with Crippen molar-refractivity contribution in [3.8, 4) is 0 Å². The predicted molar refractivity (Wildman–Crippen MR) is 69.7 cm³/mol. The second-order valence-electron chi connectivity index (χ2n) is 5.26. The summed E-state index contributed by atoms with van der Waals surface area (Å²) in [5, 5.41) is 3.19. The van der Waals surface area contributed by atoms with Crippen LogP contribution in [-0.4, -0.2) is 36.6 Å². The third-order valence-corrected chi connectivity index (χ3v) is 4.32. The molecule has 1 N–H and O–H groups in total. The predicted octanol–water partition coefficient (Wildman–Crippen LogP) is 2.70. The molecular weight excluding hydrogens is 237 g/mol. The molecule has 4 atom stereocenters. The summed E-state index contributed by atoms with van der Waals surface area (Å²) in [6, 6.07) is 0.148. The summed E-state index contributed by atoms with van der Waals surface area (Å²) in [4.78, 5) is 0. The van der Waals surface area contributed by atoms with Crippen molar-refractivity contribution in [3.63, 3.8) is 0 Å². The van der Waals surface area contributed by atoms with Crippen LogP contribution in [0.25, 0.3) is 0 Å². The maximum atomic E-state index is 11.8. The molecule has 100 valence electrons. The fraction of sp³-hybridized carbons (Fsp3) is 1.00. The molecule has 1 fully saturated rings. The van der Waals surface area contributed by atoms with Gasteiger partial charge in [0.25, 0.3) is 0 Å². The SMILES string of the molecule is CC(C)OC[C@H]1O[C@@H](C)C[C@H]1N[P+](=O)C(C)C. The van der Waals surface area contributed by atoms with Gasteiger partial charge in [0, 0.05) is 0 Å². The van der Waals surface area contributed by atoms with E-state index in [0.29, 0.717) is 6.61 Å².